The lowest BCUT2D eigenvalue weighted by atomic mass is 10.2. The maximum atomic E-state index is 12.4. The summed E-state index contributed by atoms with van der Waals surface area (Å²) in [7, 11) is 0. The molecule has 0 aliphatic rings. The van der Waals surface area contributed by atoms with Gasteiger partial charge in [0.05, 0.1) is 41.2 Å². The summed E-state index contributed by atoms with van der Waals surface area (Å²) in [6.45, 7) is 0.864. The molecule has 7 nitrogen and oxygen atoms in total. The molecule has 0 unspecified atom stereocenters. The van der Waals surface area contributed by atoms with Crippen LogP contribution in [0.25, 0.3) is 21.8 Å². The van der Waals surface area contributed by atoms with Gasteiger partial charge in [-0.2, -0.15) is 0 Å². The standard InChI is InChI=1S/C13H10N2O2S.C13H10N2OS2/c16-12-10-5-1-2-6-11(10)14-13(18)15(12)8-9-4-3-7-17-9;16-12-10-5-1-2-6-11(10)14-13(17)15(12)8-9-4-3-7-18-9/h1-7H,8H2,(H,14,18);1-7H,8H2,(H,14,17). The Bertz CT molecular complexity index is 1740. The predicted octanol–water partition coefficient (Wildman–Crippen LogP) is 5.87. The minimum Gasteiger partial charge on any atom is -0.467 e. The zero-order valence-corrected chi connectivity index (χ0v) is 21.3. The van der Waals surface area contributed by atoms with Crippen molar-refractivity contribution in [1.29, 1.82) is 0 Å². The Hall–Kier alpha value is -3.86. The number of aromatic amines is 2. The van der Waals surface area contributed by atoms with Gasteiger partial charge in [-0.15, -0.1) is 11.3 Å². The lowest BCUT2D eigenvalue weighted by Gasteiger charge is -2.06. The maximum absolute atomic E-state index is 12.4. The maximum Gasteiger partial charge on any atom is 0.262 e. The van der Waals surface area contributed by atoms with Crippen LogP contribution in [0.4, 0.5) is 0 Å². The Morgan fingerprint density at radius 2 is 1.31 bits per heavy atom. The lowest BCUT2D eigenvalue weighted by molar-refractivity contribution is 0.487. The van der Waals surface area contributed by atoms with Gasteiger partial charge in [0, 0.05) is 4.88 Å². The second-order valence-electron chi connectivity index (χ2n) is 7.89. The van der Waals surface area contributed by atoms with E-state index in [2.05, 4.69) is 9.97 Å². The number of hydrogen-bond donors (Lipinski definition) is 2. The number of para-hydroxylation sites is 2. The van der Waals surface area contributed by atoms with E-state index in [-0.39, 0.29) is 11.1 Å². The summed E-state index contributed by atoms with van der Waals surface area (Å²) in [5.74, 6) is 0.701. The normalized spacial score (nSPS) is 10.9. The monoisotopic (exact) mass is 532 g/mol. The zero-order chi connectivity index (χ0) is 25.1. The molecule has 0 aliphatic carbocycles. The molecule has 0 saturated carbocycles. The topological polar surface area (TPSA) is 88.7 Å². The average molecular weight is 533 g/mol. The van der Waals surface area contributed by atoms with Crippen LogP contribution in [-0.4, -0.2) is 19.1 Å². The number of furan rings is 1. The third-order valence-corrected chi connectivity index (χ3v) is 7.07. The van der Waals surface area contributed by atoms with Crippen LogP contribution in [0.3, 0.4) is 0 Å². The van der Waals surface area contributed by atoms with E-state index in [1.807, 2.05) is 66.0 Å². The van der Waals surface area contributed by atoms with Gasteiger partial charge < -0.3 is 14.4 Å². The number of hydrogen-bond acceptors (Lipinski definition) is 6. The van der Waals surface area contributed by atoms with Gasteiger partial charge in [0.2, 0.25) is 0 Å². The predicted molar refractivity (Wildman–Crippen MR) is 148 cm³/mol. The van der Waals surface area contributed by atoms with E-state index >= 15 is 0 Å². The molecule has 6 aromatic rings. The van der Waals surface area contributed by atoms with Crippen LogP contribution in [-0.2, 0) is 13.1 Å². The molecule has 0 atom stereocenters. The quantitative estimate of drug-likeness (QED) is 0.277. The molecule has 4 heterocycles. The Kier molecular flexibility index (Phi) is 6.90. The smallest absolute Gasteiger partial charge is 0.262 e. The molecule has 0 aliphatic heterocycles. The molecule has 0 bridgehead atoms. The van der Waals surface area contributed by atoms with Crippen LogP contribution in [0.2, 0.25) is 0 Å². The molecule has 10 heteroatoms. The fourth-order valence-corrected chi connectivity index (χ4v) is 5.01. The average Bonchev–Trinajstić information content (AvgIpc) is 3.59. The highest BCUT2D eigenvalue weighted by Crippen LogP contribution is 2.12. The number of thiophene rings is 1. The van der Waals surface area contributed by atoms with E-state index in [4.69, 9.17) is 28.9 Å². The SMILES string of the molecule is O=c1c2ccccc2[nH]c(=S)n1Cc1ccco1.O=c1c2ccccc2[nH]c(=S)n1Cc1cccs1. The Morgan fingerprint density at radius 1 is 0.722 bits per heavy atom. The van der Waals surface area contributed by atoms with Gasteiger partial charge >= 0.3 is 0 Å². The molecule has 0 amide bonds. The number of fused-ring (bicyclic) bond motifs is 2. The van der Waals surface area contributed by atoms with Gasteiger partial charge in [-0.25, -0.2) is 0 Å². The first-order chi connectivity index (χ1) is 17.5. The highest BCUT2D eigenvalue weighted by atomic mass is 32.1. The van der Waals surface area contributed by atoms with Crippen molar-refractivity contribution in [3.05, 3.63) is 125 Å². The van der Waals surface area contributed by atoms with Gasteiger partial charge in [0.1, 0.15) is 5.76 Å². The first kappa shape index (κ1) is 23.9. The van der Waals surface area contributed by atoms with Gasteiger partial charge in [0.25, 0.3) is 11.1 Å². The van der Waals surface area contributed by atoms with Crippen LogP contribution < -0.4 is 11.1 Å². The van der Waals surface area contributed by atoms with Crippen molar-refractivity contribution >= 4 is 57.6 Å². The fourth-order valence-electron chi connectivity index (χ4n) is 3.80. The first-order valence-electron chi connectivity index (χ1n) is 11.0. The van der Waals surface area contributed by atoms with Crippen molar-refractivity contribution in [1.82, 2.24) is 19.1 Å². The summed E-state index contributed by atoms with van der Waals surface area (Å²) in [4.78, 5) is 31.9. The highest BCUT2D eigenvalue weighted by molar-refractivity contribution is 7.71. The zero-order valence-electron chi connectivity index (χ0n) is 18.8. The molecule has 0 spiro atoms. The van der Waals surface area contributed by atoms with Crippen LogP contribution in [0, 0.1) is 9.54 Å². The van der Waals surface area contributed by atoms with Gasteiger partial charge in [-0.3, -0.25) is 18.7 Å². The van der Waals surface area contributed by atoms with Crippen molar-refractivity contribution in [3.63, 3.8) is 0 Å². The first-order valence-corrected chi connectivity index (χ1v) is 12.7. The number of rotatable bonds is 4. The molecule has 36 heavy (non-hydrogen) atoms. The Morgan fingerprint density at radius 3 is 1.83 bits per heavy atom. The summed E-state index contributed by atoms with van der Waals surface area (Å²) in [5.41, 5.74) is 1.40. The van der Waals surface area contributed by atoms with Gasteiger partial charge in [-0.05, 0) is 72.3 Å². The number of benzene rings is 2. The summed E-state index contributed by atoms with van der Waals surface area (Å²) < 4.78 is 9.20. The van der Waals surface area contributed by atoms with Crippen LogP contribution in [0.1, 0.15) is 10.6 Å². The molecule has 180 valence electrons. The van der Waals surface area contributed by atoms with Crippen molar-refractivity contribution in [2.24, 2.45) is 0 Å². The van der Waals surface area contributed by atoms with Gasteiger partial charge in [-0.1, -0.05) is 30.3 Å². The van der Waals surface area contributed by atoms with Crippen molar-refractivity contribution in [2.45, 2.75) is 13.1 Å². The van der Waals surface area contributed by atoms with E-state index in [9.17, 15) is 9.59 Å². The summed E-state index contributed by atoms with van der Waals surface area (Å²) in [6.07, 6.45) is 1.58. The van der Waals surface area contributed by atoms with Crippen molar-refractivity contribution in [3.8, 4) is 0 Å². The molecule has 2 N–H and O–H groups in total. The van der Waals surface area contributed by atoms with Crippen molar-refractivity contribution < 1.29 is 4.42 Å². The second-order valence-corrected chi connectivity index (χ2v) is 9.70. The molecule has 0 radical (unpaired) electrons. The van der Waals surface area contributed by atoms with Crippen LogP contribution >= 0.6 is 35.8 Å². The fraction of sp³-hybridized carbons (Fsp3) is 0.0769. The Labute approximate surface area is 218 Å². The van der Waals surface area contributed by atoms with Gasteiger partial charge in [0.15, 0.2) is 9.54 Å². The molecule has 4 aromatic heterocycles. The Balaban J connectivity index is 0.000000148. The minimum atomic E-state index is -0.106. The van der Waals surface area contributed by atoms with Crippen molar-refractivity contribution in [2.75, 3.05) is 0 Å². The summed E-state index contributed by atoms with van der Waals surface area (Å²) in [5, 5.41) is 3.29. The third kappa shape index (κ3) is 4.92. The number of aromatic nitrogens is 4. The van der Waals surface area contributed by atoms with E-state index in [0.29, 0.717) is 39.2 Å². The van der Waals surface area contributed by atoms with Crippen LogP contribution in [0.5, 0.6) is 0 Å². The van der Waals surface area contributed by atoms with E-state index in [0.717, 1.165) is 15.9 Å². The number of nitrogens with one attached hydrogen (secondary N) is 2. The molecule has 6 rings (SSSR count). The minimum absolute atomic E-state index is 0.0391. The number of nitrogens with zero attached hydrogens (tertiary/aromatic N) is 2. The van der Waals surface area contributed by atoms with Crippen LogP contribution in [0.15, 0.2) is 98.4 Å². The third-order valence-electron chi connectivity index (χ3n) is 5.57. The molecule has 0 saturated heterocycles. The van der Waals surface area contributed by atoms with E-state index in [1.54, 1.807) is 34.3 Å². The molecule has 2 aromatic carbocycles. The number of H-pyrrole nitrogens is 2. The molecular weight excluding hydrogens is 513 g/mol. The second kappa shape index (κ2) is 10.4. The lowest BCUT2D eigenvalue weighted by Crippen LogP contribution is -2.22. The summed E-state index contributed by atoms with van der Waals surface area (Å²) in [6, 6.07) is 22.3. The van der Waals surface area contributed by atoms with E-state index < -0.39 is 0 Å². The molecule has 0 fully saturated rings. The summed E-state index contributed by atoms with van der Waals surface area (Å²) >= 11 is 12.1. The van der Waals surface area contributed by atoms with E-state index in [1.165, 1.54) is 4.57 Å². The highest BCUT2D eigenvalue weighted by Gasteiger charge is 2.07. The largest absolute Gasteiger partial charge is 0.467 e. The molecular formula is C26H20N4O3S3.